The smallest absolute Gasteiger partial charge is 0.315 e. The zero-order chi connectivity index (χ0) is 25.2. The van der Waals surface area contributed by atoms with Crippen LogP contribution in [0.5, 0.6) is 0 Å². The van der Waals surface area contributed by atoms with Crippen LogP contribution in [0, 0.1) is 45.8 Å². The van der Waals surface area contributed by atoms with Crippen LogP contribution in [0.25, 0.3) is 0 Å². The van der Waals surface area contributed by atoms with E-state index in [4.69, 9.17) is 9.47 Å². The summed E-state index contributed by atoms with van der Waals surface area (Å²) in [5, 5.41) is 24.6. The van der Waals surface area contributed by atoms with Gasteiger partial charge in [-0.2, -0.15) is 0 Å². The summed E-state index contributed by atoms with van der Waals surface area (Å²) >= 11 is 0. The van der Waals surface area contributed by atoms with Crippen molar-refractivity contribution in [2.75, 3.05) is 26.2 Å². The van der Waals surface area contributed by atoms with E-state index >= 15 is 0 Å². The molecule has 5 aliphatic rings. The van der Waals surface area contributed by atoms with Crippen LogP contribution in [-0.2, 0) is 14.3 Å². The standard InChI is InChI=1S/C28H42N2O5/c1-6-9-30-13-19(5)35-24(14-30)34-16-27-12-21-18(4)7-8-22(21)26(15-29-33)11-20(27)10-23(17(2)3)28(26,27)25(31)32/h6,10,15,17-22,24,33H,1,7-9,11-14,16H2,2-5H3,(H,31,32)/t18-,19-,20+,21-,22-,24-,26?,27+,28+/m1/s1. The summed E-state index contributed by atoms with van der Waals surface area (Å²) in [4.78, 5) is 15.9. The molecule has 7 nitrogen and oxygen atoms in total. The van der Waals surface area contributed by atoms with Gasteiger partial charge in [-0.1, -0.05) is 44.9 Å². The number of ether oxygens (including phenoxy) is 2. The van der Waals surface area contributed by atoms with Crippen LogP contribution in [0.2, 0.25) is 0 Å². The van der Waals surface area contributed by atoms with E-state index in [1.54, 1.807) is 6.21 Å². The molecule has 2 N–H and O–H groups in total. The Kier molecular flexibility index (Phi) is 6.21. The monoisotopic (exact) mass is 486 g/mol. The van der Waals surface area contributed by atoms with Gasteiger partial charge in [-0.3, -0.25) is 9.69 Å². The average molecular weight is 487 g/mol. The molecule has 35 heavy (non-hydrogen) atoms. The zero-order valence-electron chi connectivity index (χ0n) is 21.7. The van der Waals surface area contributed by atoms with E-state index < -0.39 is 28.5 Å². The first-order valence-electron chi connectivity index (χ1n) is 13.4. The molecule has 0 radical (unpaired) electrons. The van der Waals surface area contributed by atoms with Gasteiger partial charge in [0.15, 0.2) is 6.29 Å². The molecule has 0 spiro atoms. The third kappa shape index (κ3) is 3.20. The lowest BCUT2D eigenvalue weighted by atomic mass is 9.43. The maximum atomic E-state index is 13.6. The highest BCUT2D eigenvalue weighted by Crippen LogP contribution is 2.82. The molecule has 0 aromatic carbocycles. The number of carbonyl (C=O) groups is 1. The maximum absolute atomic E-state index is 13.6. The SMILES string of the molecule is C=CCN1C[C@H](OC[C@@]23C[C@@H]4[C@H](C)CC[C@H]4C4(C=NO)C[C@@H]2C=C(C(C)C)[C@]43C(=O)O)O[C@H](C)C1. The van der Waals surface area contributed by atoms with Crippen molar-refractivity contribution in [2.24, 2.45) is 51.0 Å². The number of rotatable bonds is 8. The maximum Gasteiger partial charge on any atom is 0.315 e. The molecule has 3 saturated carbocycles. The number of fused-ring (bicyclic) bond motifs is 2. The van der Waals surface area contributed by atoms with E-state index in [2.05, 4.69) is 50.4 Å². The van der Waals surface area contributed by atoms with Gasteiger partial charge in [-0.15, -0.1) is 11.7 Å². The van der Waals surface area contributed by atoms with Crippen LogP contribution in [0.15, 0.2) is 29.5 Å². The number of aliphatic carboxylic acids is 1. The van der Waals surface area contributed by atoms with Gasteiger partial charge >= 0.3 is 5.97 Å². The summed E-state index contributed by atoms with van der Waals surface area (Å²) in [6.07, 6.45) is 9.04. The molecular weight excluding hydrogens is 444 g/mol. The lowest BCUT2D eigenvalue weighted by Crippen LogP contribution is -2.64. The molecule has 194 valence electrons. The Morgan fingerprint density at radius 1 is 1.34 bits per heavy atom. The van der Waals surface area contributed by atoms with E-state index in [0.29, 0.717) is 31.4 Å². The van der Waals surface area contributed by atoms with E-state index in [1.807, 2.05) is 6.08 Å². The van der Waals surface area contributed by atoms with Crippen molar-refractivity contribution in [3.63, 3.8) is 0 Å². The highest BCUT2D eigenvalue weighted by molar-refractivity contribution is 5.91. The van der Waals surface area contributed by atoms with Crippen LogP contribution in [0.4, 0.5) is 0 Å². The van der Waals surface area contributed by atoms with Gasteiger partial charge in [0, 0.05) is 30.5 Å². The lowest BCUT2D eigenvalue weighted by Gasteiger charge is -2.59. The number of hydrogen-bond donors (Lipinski definition) is 2. The van der Waals surface area contributed by atoms with E-state index in [9.17, 15) is 15.1 Å². The first kappa shape index (κ1) is 25.0. The van der Waals surface area contributed by atoms with Gasteiger partial charge in [0.2, 0.25) is 0 Å². The first-order chi connectivity index (χ1) is 16.7. The second-order valence-electron chi connectivity index (χ2n) is 12.3. The molecule has 1 aliphatic heterocycles. The molecule has 7 heteroatoms. The molecule has 4 bridgehead atoms. The molecule has 0 aromatic heterocycles. The van der Waals surface area contributed by atoms with Gasteiger partial charge < -0.3 is 19.8 Å². The molecule has 1 unspecified atom stereocenters. The molecular formula is C28H42N2O5. The fourth-order valence-electron chi connectivity index (χ4n) is 9.42. The topological polar surface area (TPSA) is 91.6 Å². The third-order valence-electron chi connectivity index (χ3n) is 10.4. The normalized spacial score (nSPS) is 46.8. The minimum absolute atomic E-state index is 0.0375. The molecule has 0 aromatic rings. The fourth-order valence-corrected chi connectivity index (χ4v) is 9.42. The van der Waals surface area contributed by atoms with Crippen molar-refractivity contribution in [1.29, 1.82) is 0 Å². The summed E-state index contributed by atoms with van der Waals surface area (Å²) in [6.45, 7) is 15.0. The summed E-state index contributed by atoms with van der Waals surface area (Å²) in [7, 11) is 0. The van der Waals surface area contributed by atoms with Crippen LogP contribution in [0.3, 0.4) is 0 Å². The van der Waals surface area contributed by atoms with Gasteiger partial charge in [-0.05, 0) is 55.8 Å². The summed E-state index contributed by atoms with van der Waals surface area (Å²) in [5.41, 5.74) is -1.41. The molecule has 9 atom stereocenters. The van der Waals surface area contributed by atoms with E-state index in [1.165, 1.54) is 0 Å². The Labute approximate surface area is 209 Å². The van der Waals surface area contributed by atoms with Crippen LogP contribution in [-0.4, -0.2) is 66.0 Å². The highest BCUT2D eigenvalue weighted by atomic mass is 16.7. The summed E-state index contributed by atoms with van der Waals surface area (Å²) < 4.78 is 12.7. The van der Waals surface area contributed by atoms with Crippen molar-refractivity contribution in [3.8, 4) is 0 Å². The minimum atomic E-state index is -1.13. The second-order valence-corrected chi connectivity index (χ2v) is 12.3. The molecule has 1 saturated heterocycles. The van der Waals surface area contributed by atoms with Gasteiger partial charge in [0.05, 0.1) is 18.9 Å². The Morgan fingerprint density at radius 3 is 2.77 bits per heavy atom. The van der Waals surface area contributed by atoms with Crippen molar-refractivity contribution < 1.29 is 24.6 Å². The number of allylic oxidation sites excluding steroid dienone is 1. The lowest BCUT2D eigenvalue weighted by molar-refractivity contribution is -0.233. The highest BCUT2D eigenvalue weighted by Gasteiger charge is 2.84. The van der Waals surface area contributed by atoms with Crippen LogP contribution in [0.1, 0.15) is 53.4 Å². The number of carboxylic acid groups (broad SMARTS) is 1. The van der Waals surface area contributed by atoms with Crippen LogP contribution < -0.4 is 0 Å². The van der Waals surface area contributed by atoms with Gasteiger partial charge in [0.25, 0.3) is 0 Å². The van der Waals surface area contributed by atoms with Gasteiger partial charge in [-0.25, -0.2) is 0 Å². The Hall–Kier alpha value is -1.70. The van der Waals surface area contributed by atoms with Gasteiger partial charge in [0.1, 0.15) is 5.41 Å². The molecule has 0 amide bonds. The molecule has 4 aliphatic carbocycles. The quantitative estimate of drug-likeness (QED) is 0.228. The first-order valence-corrected chi connectivity index (χ1v) is 13.4. The molecule has 5 rings (SSSR count). The summed E-state index contributed by atoms with van der Waals surface area (Å²) in [6, 6.07) is 0. The number of hydrogen-bond acceptors (Lipinski definition) is 6. The van der Waals surface area contributed by atoms with Crippen molar-refractivity contribution in [2.45, 2.75) is 65.8 Å². The number of carboxylic acids is 1. The average Bonchev–Trinajstić information content (AvgIpc) is 3.35. The fraction of sp³-hybridized carbons (Fsp3) is 0.786. The Morgan fingerprint density at radius 2 is 2.11 bits per heavy atom. The Balaban J connectivity index is 1.57. The predicted octanol–water partition coefficient (Wildman–Crippen LogP) is 4.42. The number of morpholine rings is 1. The van der Waals surface area contributed by atoms with Crippen molar-refractivity contribution in [3.05, 3.63) is 24.3 Å². The largest absolute Gasteiger partial charge is 0.481 e. The minimum Gasteiger partial charge on any atom is -0.481 e. The third-order valence-corrected chi connectivity index (χ3v) is 10.4. The number of nitrogens with zero attached hydrogens (tertiary/aromatic N) is 2. The predicted molar refractivity (Wildman–Crippen MR) is 133 cm³/mol. The zero-order valence-corrected chi connectivity index (χ0v) is 21.7. The number of oxime groups is 1. The summed E-state index contributed by atoms with van der Waals surface area (Å²) in [5.74, 6) is 0.511. The Bertz CT molecular complexity index is 932. The second kappa shape index (κ2) is 8.70. The molecule has 1 heterocycles. The van der Waals surface area contributed by atoms with Crippen LogP contribution >= 0.6 is 0 Å². The molecule has 4 fully saturated rings. The van der Waals surface area contributed by atoms with Crippen molar-refractivity contribution in [1.82, 2.24) is 4.90 Å². The van der Waals surface area contributed by atoms with Crippen molar-refractivity contribution >= 4 is 12.2 Å². The van der Waals surface area contributed by atoms with E-state index in [0.717, 1.165) is 37.9 Å². The van der Waals surface area contributed by atoms with E-state index in [-0.39, 0.29) is 23.9 Å².